The molecule has 0 fully saturated rings. The van der Waals surface area contributed by atoms with Crippen molar-refractivity contribution in [1.29, 1.82) is 0 Å². The van der Waals surface area contributed by atoms with E-state index >= 15 is 0 Å². The van der Waals surface area contributed by atoms with Crippen molar-refractivity contribution in [2.75, 3.05) is 24.3 Å². The van der Waals surface area contributed by atoms with Gasteiger partial charge in [0.15, 0.2) is 6.10 Å². The Morgan fingerprint density at radius 1 is 1.00 bits per heavy atom. The third kappa shape index (κ3) is 4.59. The molecular weight excluding hydrogens is 304 g/mol. The van der Waals surface area contributed by atoms with Gasteiger partial charge in [0.25, 0.3) is 5.91 Å². The van der Waals surface area contributed by atoms with Crippen LogP contribution in [0.15, 0.2) is 48.5 Å². The second-order valence-corrected chi connectivity index (χ2v) is 5.84. The second-order valence-electron chi connectivity index (χ2n) is 5.84. The third-order valence-corrected chi connectivity index (χ3v) is 3.59. The molecule has 5 heteroatoms. The van der Waals surface area contributed by atoms with Gasteiger partial charge in [0.1, 0.15) is 0 Å². The van der Waals surface area contributed by atoms with Crippen LogP contribution in [0.2, 0.25) is 0 Å². The third-order valence-electron chi connectivity index (χ3n) is 3.59. The van der Waals surface area contributed by atoms with Gasteiger partial charge in [-0.15, -0.1) is 0 Å². The molecule has 24 heavy (non-hydrogen) atoms. The number of hydrogen-bond donors (Lipinski definition) is 1. The summed E-state index contributed by atoms with van der Waals surface area (Å²) in [4.78, 5) is 26.2. The van der Waals surface area contributed by atoms with Crippen molar-refractivity contribution in [2.45, 2.75) is 20.0 Å². The number of anilines is 2. The second kappa shape index (κ2) is 7.64. The Morgan fingerprint density at radius 2 is 1.58 bits per heavy atom. The van der Waals surface area contributed by atoms with E-state index in [0.29, 0.717) is 11.3 Å². The van der Waals surface area contributed by atoms with E-state index < -0.39 is 12.1 Å². The van der Waals surface area contributed by atoms with Gasteiger partial charge in [-0.2, -0.15) is 0 Å². The zero-order valence-corrected chi connectivity index (χ0v) is 14.4. The Labute approximate surface area is 142 Å². The maximum atomic E-state index is 12.1. The van der Waals surface area contributed by atoms with Crippen molar-refractivity contribution in [3.8, 4) is 0 Å². The molecule has 0 saturated carbocycles. The maximum Gasteiger partial charge on any atom is 0.338 e. The van der Waals surface area contributed by atoms with E-state index in [4.69, 9.17) is 4.74 Å². The molecule has 0 aliphatic carbocycles. The first-order chi connectivity index (χ1) is 11.4. The molecule has 0 saturated heterocycles. The van der Waals surface area contributed by atoms with Crippen LogP contribution in [0.3, 0.4) is 0 Å². The van der Waals surface area contributed by atoms with E-state index in [2.05, 4.69) is 5.32 Å². The molecule has 0 radical (unpaired) electrons. The molecule has 1 amide bonds. The lowest BCUT2D eigenvalue weighted by Crippen LogP contribution is -2.30. The molecule has 5 nitrogen and oxygen atoms in total. The van der Waals surface area contributed by atoms with Crippen LogP contribution in [0.1, 0.15) is 22.8 Å². The van der Waals surface area contributed by atoms with Gasteiger partial charge in [0.05, 0.1) is 5.56 Å². The molecule has 126 valence electrons. The maximum absolute atomic E-state index is 12.1. The van der Waals surface area contributed by atoms with Gasteiger partial charge in [-0.3, -0.25) is 4.79 Å². The highest BCUT2D eigenvalue weighted by Crippen LogP contribution is 2.14. The Bertz CT molecular complexity index is 706. The molecule has 1 N–H and O–H groups in total. The van der Waals surface area contributed by atoms with Crippen LogP contribution >= 0.6 is 0 Å². The van der Waals surface area contributed by atoms with Gasteiger partial charge in [0, 0.05) is 25.5 Å². The summed E-state index contributed by atoms with van der Waals surface area (Å²) < 4.78 is 5.23. The number of nitrogens with zero attached hydrogens (tertiary/aromatic N) is 1. The van der Waals surface area contributed by atoms with E-state index in [1.165, 1.54) is 0 Å². The Morgan fingerprint density at radius 3 is 2.12 bits per heavy atom. The monoisotopic (exact) mass is 326 g/mol. The highest BCUT2D eigenvalue weighted by Gasteiger charge is 2.19. The van der Waals surface area contributed by atoms with Crippen LogP contribution in [-0.2, 0) is 9.53 Å². The van der Waals surface area contributed by atoms with E-state index in [1.807, 2.05) is 62.3 Å². The van der Waals surface area contributed by atoms with Gasteiger partial charge in [-0.05, 0) is 50.2 Å². The van der Waals surface area contributed by atoms with Crippen molar-refractivity contribution >= 4 is 23.3 Å². The van der Waals surface area contributed by atoms with E-state index in [-0.39, 0.29) is 5.91 Å². The van der Waals surface area contributed by atoms with Gasteiger partial charge in [-0.25, -0.2) is 4.79 Å². The van der Waals surface area contributed by atoms with Crippen molar-refractivity contribution in [1.82, 2.24) is 0 Å². The summed E-state index contributed by atoms with van der Waals surface area (Å²) in [6.45, 7) is 3.52. The molecule has 0 bridgehead atoms. The number of esters is 1. The first kappa shape index (κ1) is 17.5. The summed E-state index contributed by atoms with van der Waals surface area (Å²) in [6.07, 6.45) is -0.882. The molecule has 0 spiro atoms. The zero-order valence-electron chi connectivity index (χ0n) is 14.4. The number of hydrogen-bond acceptors (Lipinski definition) is 4. The standard InChI is InChI=1S/C19H22N2O3/c1-13-5-9-16(10-6-13)20-18(22)14(2)24-19(23)15-7-11-17(12-8-15)21(3)4/h5-12,14H,1-4H3,(H,20,22)/t14-/m1/s1. The average molecular weight is 326 g/mol. The first-order valence-electron chi connectivity index (χ1n) is 7.72. The van der Waals surface area contributed by atoms with Crippen LogP contribution in [0, 0.1) is 6.92 Å². The number of rotatable bonds is 5. The van der Waals surface area contributed by atoms with E-state index in [9.17, 15) is 9.59 Å². The topological polar surface area (TPSA) is 58.6 Å². The minimum atomic E-state index is -0.882. The summed E-state index contributed by atoms with van der Waals surface area (Å²) in [6, 6.07) is 14.4. The first-order valence-corrected chi connectivity index (χ1v) is 7.72. The number of amides is 1. The van der Waals surface area contributed by atoms with Crippen LogP contribution in [-0.4, -0.2) is 32.1 Å². The zero-order chi connectivity index (χ0) is 17.7. The van der Waals surface area contributed by atoms with Crippen molar-refractivity contribution in [3.05, 3.63) is 59.7 Å². The van der Waals surface area contributed by atoms with Crippen LogP contribution in [0.5, 0.6) is 0 Å². The van der Waals surface area contributed by atoms with Gasteiger partial charge >= 0.3 is 5.97 Å². The summed E-state index contributed by atoms with van der Waals surface area (Å²) in [5, 5.41) is 2.73. The summed E-state index contributed by atoms with van der Waals surface area (Å²) >= 11 is 0. The minimum Gasteiger partial charge on any atom is -0.449 e. The minimum absolute atomic E-state index is 0.364. The molecule has 1 atom stereocenters. The van der Waals surface area contributed by atoms with E-state index in [0.717, 1.165) is 11.3 Å². The van der Waals surface area contributed by atoms with Crippen molar-refractivity contribution < 1.29 is 14.3 Å². The summed E-state index contributed by atoms with van der Waals surface area (Å²) in [5.74, 6) is -0.885. The fourth-order valence-electron chi connectivity index (χ4n) is 2.06. The quantitative estimate of drug-likeness (QED) is 0.857. The number of carbonyl (C=O) groups excluding carboxylic acids is 2. The molecule has 2 rings (SSSR count). The average Bonchev–Trinajstić information content (AvgIpc) is 2.56. The van der Waals surface area contributed by atoms with Crippen molar-refractivity contribution in [2.24, 2.45) is 0 Å². The molecule has 0 heterocycles. The molecule has 2 aromatic rings. The van der Waals surface area contributed by atoms with Gasteiger partial charge < -0.3 is 15.0 Å². The summed E-state index contributed by atoms with van der Waals surface area (Å²) in [7, 11) is 3.84. The van der Waals surface area contributed by atoms with Crippen molar-refractivity contribution in [3.63, 3.8) is 0 Å². The number of aryl methyl sites for hydroxylation is 1. The van der Waals surface area contributed by atoms with Crippen LogP contribution in [0.25, 0.3) is 0 Å². The fourth-order valence-corrected chi connectivity index (χ4v) is 2.06. The molecule has 0 aliphatic rings. The number of ether oxygens (including phenoxy) is 1. The Kier molecular flexibility index (Phi) is 5.58. The predicted octanol–water partition coefficient (Wildman–Crippen LogP) is 3.25. The van der Waals surface area contributed by atoms with Gasteiger partial charge in [0.2, 0.25) is 0 Å². The Hall–Kier alpha value is -2.82. The SMILES string of the molecule is Cc1ccc(NC(=O)[C@@H](C)OC(=O)c2ccc(N(C)C)cc2)cc1. The number of nitrogens with one attached hydrogen (secondary N) is 1. The number of benzene rings is 2. The lowest BCUT2D eigenvalue weighted by molar-refractivity contribution is -0.123. The lowest BCUT2D eigenvalue weighted by Gasteiger charge is -2.15. The lowest BCUT2D eigenvalue weighted by atomic mass is 10.2. The normalized spacial score (nSPS) is 11.5. The highest BCUT2D eigenvalue weighted by molar-refractivity contribution is 5.97. The summed E-state index contributed by atoms with van der Waals surface area (Å²) in [5.41, 5.74) is 3.17. The highest BCUT2D eigenvalue weighted by atomic mass is 16.5. The predicted molar refractivity (Wildman–Crippen MR) is 95.5 cm³/mol. The fraction of sp³-hybridized carbons (Fsp3) is 0.263. The molecule has 0 aromatic heterocycles. The van der Waals surface area contributed by atoms with E-state index in [1.54, 1.807) is 19.1 Å². The molecular formula is C19H22N2O3. The molecule has 0 aliphatic heterocycles. The molecule has 0 unspecified atom stereocenters. The smallest absolute Gasteiger partial charge is 0.338 e. The molecule has 2 aromatic carbocycles. The van der Waals surface area contributed by atoms with Crippen LogP contribution in [0.4, 0.5) is 11.4 Å². The largest absolute Gasteiger partial charge is 0.449 e. The Balaban J connectivity index is 1.94. The number of carbonyl (C=O) groups is 2. The van der Waals surface area contributed by atoms with Crippen LogP contribution < -0.4 is 10.2 Å². The van der Waals surface area contributed by atoms with Gasteiger partial charge in [-0.1, -0.05) is 17.7 Å².